The molecule has 0 saturated heterocycles. The predicted octanol–water partition coefficient (Wildman–Crippen LogP) is 0.818. The molecule has 3 rings (SSSR count). The molecule has 0 aliphatic carbocycles. The van der Waals surface area contributed by atoms with Crippen LogP contribution in [0.1, 0.15) is 5.56 Å². The molecule has 7 heteroatoms. The van der Waals surface area contributed by atoms with Crippen molar-refractivity contribution in [2.24, 2.45) is 5.73 Å². The molecule has 120 valence electrons. The van der Waals surface area contributed by atoms with Crippen molar-refractivity contribution in [3.05, 3.63) is 47.9 Å². The number of nitrogens with zero attached hydrogens (tertiary/aromatic N) is 1. The van der Waals surface area contributed by atoms with Crippen LogP contribution in [0.4, 0.5) is 0 Å². The van der Waals surface area contributed by atoms with Crippen molar-refractivity contribution in [2.45, 2.75) is 5.50 Å². The zero-order chi connectivity index (χ0) is 16.2. The lowest BCUT2D eigenvalue weighted by molar-refractivity contribution is -0.117. The number of carbonyl (C=O) groups is 1. The quantitative estimate of drug-likeness (QED) is 0.649. The Bertz CT molecular complexity index is 761. The molecule has 1 aliphatic rings. The number of nitrogens with two attached hydrogens (primary N) is 1. The van der Waals surface area contributed by atoms with E-state index in [4.69, 9.17) is 5.73 Å². The van der Waals surface area contributed by atoms with E-state index in [-0.39, 0.29) is 11.4 Å². The molecule has 0 radical (unpaired) electrons. The van der Waals surface area contributed by atoms with Crippen molar-refractivity contribution >= 4 is 33.3 Å². The summed E-state index contributed by atoms with van der Waals surface area (Å²) in [5.41, 5.74) is 7.07. The Morgan fingerprint density at radius 1 is 1.39 bits per heavy atom. The van der Waals surface area contributed by atoms with Crippen LogP contribution in [0.2, 0.25) is 0 Å². The molecule has 23 heavy (non-hydrogen) atoms. The van der Waals surface area contributed by atoms with Crippen LogP contribution in [0.5, 0.6) is 0 Å². The number of nitrogens with one attached hydrogen (secondary N) is 3. The van der Waals surface area contributed by atoms with Crippen LogP contribution in [0.3, 0.4) is 0 Å². The fourth-order valence-electron chi connectivity index (χ4n) is 2.44. The number of benzene rings is 1. The summed E-state index contributed by atoms with van der Waals surface area (Å²) in [4.78, 5) is 17.2. The van der Waals surface area contributed by atoms with Crippen molar-refractivity contribution in [3.63, 3.8) is 0 Å². The topological polar surface area (TPSA) is 92.1 Å². The summed E-state index contributed by atoms with van der Waals surface area (Å²) < 4.78 is 0. The van der Waals surface area contributed by atoms with E-state index in [9.17, 15) is 4.79 Å². The Labute approximate surface area is 138 Å². The Hall–Kier alpha value is -2.09. The van der Waals surface area contributed by atoms with Gasteiger partial charge in [0.2, 0.25) is 0 Å². The van der Waals surface area contributed by atoms with Crippen LogP contribution in [0, 0.1) is 0 Å². The number of carbonyl (C=O) groups excluding carboxylic acids is 1. The Kier molecular flexibility index (Phi) is 4.80. The number of aromatic nitrogens is 1. The summed E-state index contributed by atoms with van der Waals surface area (Å²) in [6, 6.07) is 8.08. The summed E-state index contributed by atoms with van der Waals surface area (Å²) in [6.07, 6.45) is 3.60. The normalized spacial score (nSPS) is 17.4. The molecule has 5 N–H and O–H groups in total. The largest absolute Gasteiger partial charge is 0.356 e. The van der Waals surface area contributed by atoms with Gasteiger partial charge in [-0.05, 0) is 23.1 Å². The fourth-order valence-corrected chi connectivity index (χ4v) is 3.59. The number of likely N-dealkylation sites (N-methyl/N-ethyl adjacent to an activating group) is 1. The highest BCUT2D eigenvalue weighted by molar-refractivity contribution is 8.09. The second-order valence-corrected chi connectivity index (χ2v) is 6.22. The van der Waals surface area contributed by atoms with E-state index in [2.05, 4.69) is 27.0 Å². The van der Waals surface area contributed by atoms with E-state index in [1.165, 1.54) is 0 Å². The molecule has 1 aliphatic heterocycles. The van der Waals surface area contributed by atoms with E-state index in [1.807, 2.05) is 24.4 Å². The maximum Gasteiger partial charge on any atom is 0.268 e. The molecule has 2 aromatic rings. The SMILES string of the molecule is CNC(=O)C1=C(c2ccc3cnccc3c2)SC(NCCN)N1. The lowest BCUT2D eigenvalue weighted by Gasteiger charge is -2.13. The molecule has 0 bridgehead atoms. The molecular weight excluding hydrogens is 310 g/mol. The molecule has 0 spiro atoms. The number of fused-ring (bicyclic) bond motifs is 1. The first-order valence-corrected chi connectivity index (χ1v) is 8.28. The molecule has 1 unspecified atom stereocenters. The highest BCUT2D eigenvalue weighted by atomic mass is 32.2. The average molecular weight is 329 g/mol. The van der Waals surface area contributed by atoms with Gasteiger partial charge in [0.05, 0.1) is 0 Å². The summed E-state index contributed by atoms with van der Waals surface area (Å²) in [6.45, 7) is 1.23. The third-order valence-electron chi connectivity index (χ3n) is 3.57. The van der Waals surface area contributed by atoms with E-state index < -0.39 is 0 Å². The average Bonchev–Trinajstić information content (AvgIpc) is 3.03. The zero-order valence-electron chi connectivity index (χ0n) is 12.8. The molecule has 0 fully saturated rings. The lowest BCUT2D eigenvalue weighted by atomic mass is 10.1. The second kappa shape index (κ2) is 6.99. The zero-order valence-corrected chi connectivity index (χ0v) is 13.6. The minimum Gasteiger partial charge on any atom is -0.356 e. The minimum absolute atomic E-state index is 0.0611. The van der Waals surface area contributed by atoms with Gasteiger partial charge in [-0.25, -0.2) is 0 Å². The van der Waals surface area contributed by atoms with Gasteiger partial charge in [-0.2, -0.15) is 0 Å². The molecule has 0 saturated carbocycles. The van der Waals surface area contributed by atoms with Crippen LogP contribution in [-0.4, -0.2) is 36.5 Å². The van der Waals surface area contributed by atoms with Gasteiger partial charge in [0.1, 0.15) is 11.2 Å². The summed E-state index contributed by atoms with van der Waals surface area (Å²) >= 11 is 1.59. The maximum absolute atomic E-state index is 12.2. The molecule has 1 aromatic carbocycles. The number of pyridine rings is 1. The van der Waals surface area contributed by atoms with Crippen molar-refractivity contribution < 1.29 is 4.79 Å². The van der Waals surface area contributed by atoms with E-state index in [0.29, 0.717) is 18.8 Å². The third kappa shape index (κ3) is 3.31. The van der Waals surface area contributed by atoms with Gasteiger partial charge < -0.3 is 16.4 Å². The van der Waals surface area contributed by atoms with Crippen LogP contribution >= 0.6 is 11.8 Å². The minimum atomic E-state index is -0.126. The molecule has 1 amide bonds. The van der Waals surface area contributed by atoms with E-state index in [1.54, 1.807) is 25.0 Å². The van der Waals surface area contributed by atoms with Gasteiger partial charge in [-0.3, -0.25) is 15.1 Å². The smallest absolute Gasteiger partial charge is 0.268 e. The van der Waals surface area contributed by atoms with E-state index in [0.717, 1.165) is 21.2 Å². The maximum atomic E-state index is 12.2. The van der Waals surface area contributed by atoms with Gasteiger partial charge >= 0.3 is 0 Å². The number of rotatable bonds is 5. The first kappa shape index (κ1) is 15.8. The molecule has 1 aromatic heterocycles. The van der Waals surface area contributed by atoms with Crippen molar-refractivity contribution in [3.8, 4) is 0 Å². The van der Waals surface area contributed by atoms with Gasteiger partial charge in [-0.1, -0.05) is 23.9 Å². The second-order valence-electron chi connectivity index (χ2n) is 5.11. The summed E-state index contributed by atoms with van der Waals surface area (Å²) in [5, 5.41) is 11.4. The summed E-state index contributed by atoms with van der Waals surface area (Å²) in [5.74, 6) is -0.126. The van der Waals surface area contributed by atoms with Crippen molar-refractivity contribution in [1.82, 2.24) is 20.9 Å². The molecule has 6 nitrogen and oxygen atoms in total. The van der Waals surface area contributed by atoms with Crippen LogP contribution in [-0.2, 0) is 4.79 Å². The number of hydrogen-bond acceptors (Lipinski definition) is 6. The third-order valence-corrected chi connectivity index (χ3v) is 4.76. The standard InChI is InChI=1S/C16H19N5OS/c1-18-15(22)13-14(23-16(21-13)20-7-5-17)11-2-3-12-9-19-6-4-10(12)8-11/h2-4,6,8-9,16,20-21H,5,7,17H2,1H3,(H,18,22). The van der Waals surface area contributed by atoms with E-state index >= 15 is 0 Å². The Morgan fingerprint density at radius 2 is 2.26 bits per heavy atom. The van der Waals surface area contributed by atoms with Gasteiger partial charge in [0.25, 0.3) is 5.91 Å². The molecule has 1 atom stereocenters. The van der Waals surface area contributed by atoms with Crippen molar-refractivity contribution in [1.29, 1.82) is 0 Å². The van der Waals surface area contributed by atoms with Crippen LogP contribution < -0.4 is 21.7 Å². The fraction of sp³-hybridized carbons (Fsp3) is 0.250. The van der Waals surface area contributed by atoms with Gasteiger partial charge in [-0.15, -0.1) is 0 Å². The summed E-state index contributed by atoms with van der Waals surface area (Å²) in [7, 11) is 1.63. The molecular formula is C16H19N5OS. The van der Waals surface area contributed by atoms with Crippen molar-refractivity contribution in [2.75, 3.05) is 20.1 Å². The van der Waals surface area contributed by atoms with Crippen LogP contribution in [0.25, 0.3) is 15.7 Å². The number of thioether (sulfide) groups is 1. The lowest BCUT2D eigenvalue weighted by Crippen LogP contribution is -2.41. The Morgan fingerprint density at radius 3 is 3.04 bits per heavy atom. The van der Waals surface area contributed by atoms with Gasteiger partial charge in [0, 0.05) is 42.8 Å². The first-order valence-electron chi connectivity index (χ1n) is 7.40. The van der Waals surface area contributed by atoms with Gasteiger partial charge in [0.15, 0.2) is 0 Å². The first-order chi connectivity index (χ1) is 11.2. The number of amides is 1. The highest BCUT2D eigenvalue weighted by Crippen LogP contribution is 2.38. The highest BCUT2D eigenvalue weighted by Gasteiger charge is 2.28. The number of hydrogen-bond donors (Lipinski definition) is 4. The predicted molar refractivity (Wildman–Crippen MR) is 94.3 cm³/mol. The Balaban J connectivity index is 1.96. The monoisotopic (exact) mass is 329 g/mol. The molecule has 2 heterocycles. The van der Waals surface area contributed by atoms with Crippen LogP contribution in [0.15, 0.2) is 42.4 Å².